The zero-order valence-electron chi connectivity index (χ0n) is 14.4. The van der Waals surface area contributed by atoms with Gasteiger partial charge in [-0.2, -0.15) is 0 Å². The minimum atomic E-state index is -0.199. The van der Waals surface area contributed by atoms with Crippen molar-refractivity contribution in [3.05, 3.63) is 0 Å². The van der Waals surface area contributed by atoms with E-state index in [1.165, 1.54) is 19.3 Å². The second-order valence-corrected chi connectivity index (χ2v) is 6.88. The Morgan fingerprint density at radius 2 is 1.84 bits per heavy atom. The maximum atomic E-state index is 9.79. The lowest BCUT2D eigenvalue weighted by atomic mass is 10.1. The normalized spacial score (nSPS) is 22.4. The van der Waals surface area contributed by atoms with E-state index in [2.05, 4.69) is 35.4 Å². The van der Waals surface area contributed by atoms with Crippen LogP contribution in [0.5, 0.6) is 0 Å². The van der Waals surface area contributed by atoms with Crippen LogP contribution in [0.25, 0.3) is 11.3 Å². The molecule has 2 aliphatic rings. The van der Waals surface area contributed by atoms with Gasteiger partial charge in [0.1, 0.15) is 0 Å². The van der Waals surface area contributed by atoms with Gasteiger partial charge in [-0.25, -0.2) is 14.6 Å². The van der Waals surface area contributed by atoms with Gasteiger partial charge >= 0.3 is 0 Å². The number of hydrogen-bond acceptors (Lipinski definition) is 9. The van der Waals surface area contributed by atoms with Gasteiger partial charge in [0.15, 0.2) is 11.6 Å². The molecule has 0 spiro atoms. The lowest BCUT2D eigenvalue weighted by molar-refractivity contribution is 0.0730. The van der Waals surface area contributed by atoms with Crippen molar-refractivity contribution >= 4 is 22.9 Å². The third-order valence-corrected chi connectivity index (χ3v) is 4.95. The maximum absolute atomic E-state index is 9.79. The summed E-state index contributed by atoms with van der Waals surface area (Å²) in [5.74, 6) is 1.57. The molecule has 2 N–H and O–H groups in total. The summed E-state index contributed by atoms with van der Waals surface area (Å²) in [6.07, 6.45) is 5.36. The quantitative estimate of drug-likeness (QED) is 0.815. The van der Waals surface area contributed by atoms with Crippen LogP contribution in [0.15, 0.2) is 4.63 Å². The van der Waals surface area contributed by atoms with Crippen LogP contribution in [0.4, 0.5) is 11.6 Å². The summed E-state index contributed by atoms with van der Waals surface area (Å²) in [5.41, 5.74) is 0.877. The van der Waals surface area contributed by atoms with E-state index in [1.807, 2.05) is 0 Å². The molecule has 25 heavy (non-hydrogen) atoms. The maximum Gasteiger partial charge on any atom is 0.245 e. The molecule has 4 rings (SSSR count). The molecular formula is C16H25N7O2. The van der Waals surface area contributed by atoms with Gasteiger partial charge in [0.2, 0.25) is 11.3 Å². The average molecular weight is 347 g/mol. The van der Waals surface area contributed by atoms with Gasteiger partial charge in [0.05, 0.1) is 6.10 Å². The highest BCUT2D eigenvalue weighted by Gasteiger charge is 2.21. The van der Waals surface area contributed by atoms with Crippen LogP contribution in [0.2, 0.25) is 0 Å². The number of nitrogens with one attached hydrogen (secondary N) is 1. The molecule has 2 fully saturated rings. The van der Waals surface area contributed by atoms with Gasteiger partial charge in [-0.05, 0) is 49.0 Å². The molecule has 2 saturated heterocycles. The fourth-order valence-corrected chi connectivity index (χ4v) is 3.64. The van der Waals surface area contributed by atoms with Crippen molar-refractivity contribution in [1.82, 2.24) is 25.2 Å². The predicted octanol–water partition coefficient (Wildman–Crippen LogP) is 0.872. The van der Waals surface area contributed by atoms with Crippen molar-refractivity contribution in [2.75, 3.05) is 49.5 Å². The van der Waals surface area contributed by atoms with E-state index in [0.29, 0.717) is 11.3 Å². The van der Waals surface area contributed by atoms with Gasteiger partial charge in [0.25, 0.3) is 0 Å². The van der Waals surface area contributed by atoms with Crippen molar-refractivity contribution in [2.45, 2.75) is 38.2 Å². The van der Waals surface area contributed by atoms with E-state index in [1.54, 1.807) is 0 Å². The summed E-state index contributed by atoms with van der Waals surface area (Å²) in [6.45, 7) is 5.37. The van der Waals surface area contributed by atoms with Crippen LogP contribution < -0.4 is 10.2 Å². The zero-order chi connectivity index (χ0) is 17.1. The topological polar surface area (TPSA) is 103 Å². The molecule has 1 atom stereocenters. The van der Waals surface area contributed by atoms with Gasteiger partial charge in [-0.3, -0.25) is 4.90 Å². The van der Waals surface area contributed by atoms with Crippen molar-refractivity contribution in [1.29, 1.82) is 0 Å². The number of aliphatic hydroxyl groups is 1. The number of nitrogens with zero attached hydrogens (tertiary/aromatic N) is 6. The largest absolute Gasteiger partial charge is 0.392 e. The van der Waals surface area contributed by atoms with E-state index >= 15 is 0 Å². The van der Waals surface area contributed by atoms with Crippen molar-refractivity contribution < 1.29 is 9.74 Å². The van der Waals surface area contributed by atoms with Crippen LogP contribution in [-0.2, 0) is 0 Å². The van der Waals surface area contributed by atoms with E-state index in [-0.39, 0.29) is 6.10 Å². The van der Waals surface area contributed by atoms with E-state index < -0.39 is 0 Å². The van der Waals surface area contributed by atoms with Gasteiger partial charge < -0.3 is 15.3 Å². The second kappa shape index (κ2) is 7.49. The molecule has 9 nitrogen and oxygen atoms in total. The summed E-state index contributed by atoms with van der Waals surface area (Å²) in [6, 6.07) is 0. The first-order valence-electron chi connectivity index (χ1n) is 9.19. The van der Waals surface area contributed by atoms with E-state index in [0.717, 1.165) is 63.7 Å². The summed E-state index contributed by atoms with van der Waals surface area (Å²) in [5, 5.41) is 20.8. The van der Waals surface area contributed by atoms with Gasteiger partial charge in [-0.15, -0.1) is 0 Å². The number of likely N-dealkylation sites (tertiary alicyclic amines) is 1. The van der Waals surface area contributed by atoms with Crippen molar-refractivity contribution in [3.8, 4) is 0 Å². The fraction of sp³-hybridized carbons (Fsp3) is 0.750. The van der Waals surface area contributed by atoms with E-state index in [9.17, 15) is 5.11 Å². The number of rotatable bonds is 5. The molecule has 0 radical (unpaired) electrons. The number of hydrogen-bond donors (Lipinski definition) is 2. The SMILES string of the molecule is OC1CCCN(CCNc2nc3nonc3nc2N2CCCCC2)C1. The Morgan fingerprint density at radius 3 is 2.64 bits per heavy atom. The molecule has 0 bridgehead atoms. The minimum Gasteiger partial charge on any atom is -0.392 e. The zero-order valence-corrected chi connectivity index (χ0v) is 14.4. The molecular weight excluding hydrogens is 322 g/mol. The Morgan fingerprint density at radius 1 is 1.04 bits per heavy atom. The molecule has 0 aliphatic carbocycles. The first kappa shape index (κ1) is 16.5. The van der Waals surface area contributed by atoms with Gasteiger partial charge in [0, 0.05) is 32.7 Å². The first-order valence-corrected chi connectivity index (χ1v) is 9.19. The number of anilines is 2. The Bertz CT molecular complexity index is 701. The monoisotopic (exact) mass is 347 g/mol. The van der Waals surface area contributed by atoms with Gasteiger partial charge in [-0.1, -0.05) is 0 Å². The first-order chi connectivity index (χ1) is 12.3. The third-order valence-electron chi connectivity index (χ3n) is 4.95. The van der Waals surface area contributed by atoms with Crippen LogP contribution >= 0.6 is 0 Å². The smallest absolute Gasteiger partial charge is 0.245 e. The van der Waals surface area contributed by atoms with Crippen molar-refractivity contribution in [3.63, 3.8) is 0 Å². The lowest BCUT2D eigenvalue weighted by Gasteiger charge is -2.31. The highest BCUT2D eigenvalue weighted by atomic mass is 16.6. The molecule has 0 amide bonds. The highest BCUT2D eigenvalue weighted by molar-refractivity contribution is 5.74. The molecule has 1 unspecified atom stereocenters. The van der Waals surface area contributed by atoms with Crippen molar-refractivity contribution in [2.24, 2.45) is 0 Å². The standard InChI is InChI=1S/C16H25N7O2/c24-12-5-4-7-22(11-12)10-6-17-15-16(23-8-2-1-3-9-23)19-14-13(18-15)20-25-21-14/h12,24H,1-11H2,(H,17,18,20). The molecule has 9 heteroatoms. The Kier molecular flexibility index (Phi) is 4.93. The summed E-state index contributed by atoms with van der Waals surface area (Å²) >= 11 is 0. The number of fused-ring (bicyclic) bond motifs is 1. The molecule has 0 aromatic carbocycles. The molecule has 136 valence electrons. The Labute approximate surface area is 146 Å². The summed E-state index contributed by atoms with van der Waals surface area (Å²) < 4.78 is 4.77. The van der Waals surface area contributed by atoms with Crippen LogP contribution in [0.3, 0.4) is 0 Å². The fourth-order valence-electron chi connectivity index (χ4n) is 3.64. The van der Waals surface area contributed by atoms with E-state index in [4.69, 9.17) is 4.63 Å². The number of aliphatic hydroxyl groups excluding tert-OH is 1. The summed E-state index contributed by atoms with van der Waals surface area (Å²) in [7, 11) is 0. The number of β-amino-alcohol motifs (C(OH)–C–C–N with tert-alkyl or cyclic N) is 1. The molecule has 2 aromatic rings. The number of piperidine rings is 2. The number of aromatic nitrogens is 4. The minimum absolute atomic E-state index is 0.199. The molecule has 2 aromatic heterocycles. The van der Waals surface area contributed by atoms with Crippen LogP contribution in [0, 0.1) is 0 Å². The molecule has 4 heterocycles. The predicted molar refractivity (Wildman–Crippen MR) is 93.6 cm³/mol. The summed E-state index contributed by atoms with van der Waals surface area (Å²) in [4.78, 5) is 13.7. The average Bonchev–Trinajstić information content (AvgIpc) is 3.09. The third kappa shape index (κ3) is 3.82. The second-order valence-electron chi connectivity index (χ2n) is 6.88. The van der Waals surface area contributed by atoms with Crippen LogP contribution in [-0.4, -0.2) is 75.7 Å². The lowest BCUT2D eigenvalue weighted by Crippen LogP contribution is -2.40. The Balaban J connectivity index is 1.46. The Hall–Kier alpha value is -2.00. The molecule has 0 saturated carbocycles. The molecule has 2 aliphatic heterocycles. The van der Waals surface area contributed by atoms with Crippen LogP contribution in [0.1, 0.15) is 32.1 Å². The highest BCUT2D eigenvalue weighted by Crippen LogP contribution is 2.26.